The molecule has 0 saturated carbocycles. The van der Waals surface area contributed by atoms with Crippen LogP contribution in [0.4, 0.5) is 0 Å². The van der Waals surface area contributed by atoms with E-state index in [1.54, 1.807) is 11.8 Å². The summed E-state index contributed by atoms with van der Waals surface area (Å²) in [6.07, 6.45) is 4.58. The summed E-state index contributed by atoms with van der Waals surface area (Å²) >= 11 is 0. The van der Waals surface area contributed by atoms with Gasteiger partial charge in [0.15, 0.2) is 17.9 Å². The number of aromatic nitrogens is 4. The van der Waals surface area contributed by atoms with E-state index in [2.05, 4.69) is 19.7 Å². The highest BCUT2D eigenvalue weighted by molar-refractivity contribution is 5.91. The predicted octanol–water partition coefficient (Wildman–Crippen LogP) is 0.648. The number of nitrogens with zero attached hydrogens (tertiary/aromatic N) is 6. The van der Waals surface area contributed by atoms with Crippen LogP contribution in [0.3, 0.4) is 0 Å². The molecular weight excluding hydrogens is 324 g/mol. The van der Waals surface area contributed by atoms with Crippen molar-refractivity contribution >= 4 is 11.8 Å². The zero-order valence-corrected chi connectivity index (χ0v) is 14.1. The third-order valence-corrected chi connectivity index (χ3v) is 4.95. The maximum absolute atomic E-state index is 12.4. The Morgan fingerprint density at radius 1 is 1.20 bits per heavy atom. The van der Waals surface area contributed by atoms with E-state index in [0.717, 1.165) is 31.0 Å². The van der Waals surface area contributed by atoms with Crippen LogP contribution in [0.25, 0.3) is 0 Å². The van der Waals surface area contributed by atoms with Crippen molar-refractivity contribution in [3.8, 4) is 0 Å². The van der Waals surface area contributed by atoms with Crippen molar-refractivity contribution in [1.82, 2.24) is 29.5 Å². The minimum atomic E-state index is -0.162. The molecule has 1 fully saturated rings. The van der Waals surface area contributed by atoms with E-state index in [1.807, 2.05) is 4.90 Å². The van der Waals surface area contributed by atoms with E-state index in [0.29, 0.717) is 31.9 Å². The number of hydrogen-bond donors (Lipinski definition) is 0. The third-order valence-electron chi connectivity index (χ3n) is 4.95. The summed E-state index contributed by atoms with van der Waals surface area (Å²) in [4.78, 5) is 31.5. The number of amides is 2. The fourth-order valence-corrected chi connectivity index (χ4v) is 3.61. The Bertz CT molecular complexity index is 784. The highest BCUT2D eigenvalue weighted by Crippen LogP contribution is 2.27. The number of fused-ring (bicyclic) bond motifs is 1. The molecule has 25 heavy (non-hydrogen) atoms. The molecule has 2 aliphatic rings. The van der Waals surface area contributed by atoms with Gasteiger partial charge in [-0.3, -0.25) is 9.59 Å². The Balaban J connectivity index is 1.51. The Kier molecular flexibility index (Phi) is 3.98. The molecule has 132 valence electrons. The molecule has 2 aliphatic heterocycles. The van der Waals surface area contributed by atoms with Crippen molar-refractivity contribution in [1.29, 1.82) is 0 Å². The van der Waals surface area contributed by atoms with Crippen molar-refractivity contribution in [3.63, 3.8) is 0 Å². The number of carbonyl (C=O) groups excluding carboxylic acids is 2. The van der Waals surface area contributed by atoms with E-state index in [4.69, 9.17) is 4.42 Å². The van der Waals surface area contributed by atoms with Crippen LogP contribution < -0.4 is 0 Å². The first-order chi connectivity index (χ1) is 12.1. The summed E-state index contributed by atoms with van der Waals surface area (Å²) in [5.74, 6) is 1.85. The number of carbonyl (C=O) groups is 2. The SMILES string of the molecule is CC(=O)N1CCCC(c2nnc3n2CCN(C(=O)c2cocn2)C3)C1. The summed E-state index contributed by atoms with van der Waals surface area (Å²) in [5, 5.41) is 8.66. The molecule has 0 bridgehead atoms. The summed E-state index contributed by atoms with van der Waals surface area (Å²) in [7, 11) is 0. The van der Waals surface area contributed by atoms with Gasteiger partial charge in [0, 0.05) is 39.0 Å². The number of likely N-dealkylation sites (tertiary alicyclic amines) is 1. The first-order valence-electron chi connectivity index (χ1n) is 8.48. The van der Waals surface area contributed by atoms with E-state index < -0.39 is 0 Å². The first-order valence-corrected chi connectivity index (χ1v) is 8.48. The van der Waals surface area contributed by atoms with E-state index in [9.17, 15) is 9.59 Å². The Labute approximate surface area is 144 Å². The summed E-state index contributed by atoms with van der Waals surface area (Å²) in [6.45, 7) is 4.74. The van der Waals surface area contributed by atoms with Gasteiger partial charge in [0.25, 0.3) is 5.91 Å². The number of piperidine rings is 1. The molecule has 0 N–H and O–H groups in total. The van der Waals surface area contributed by atoms with E-state index >= 15 is 0 Å². The minimum Gasteiger partial charge on any atom is -0.451 e. The minimum absolute atomic E-state index is 0.104. The van der Waals surface area contributed by atoms with Crippen molar-refractivity contribution in [3.05, 3.63) is 30.0 Å². The molecular formula is C16H20N6O3. The average Bonchev–Trinajstić information content (AvgIpc) is 3.30. The van der Waals surface area contributed by atoms with Crippen molar-refractivity contribution in [2.75, 3.05) is 19.6 Å². The normalized spacial score (nSPS) is 20.4. The topological polar surface area (TPSA) is 97.4 Å². The van der Waals surface area contributed by atoms with Crippen LogP contribution in [0, 0.1) is 0 Å². The highest BCUT2D eigenvalue weighted by Gasteiger charge is 2.31. The molecule has 0 spiro atoms. The molecule has 4 heterocycles. The quantitative estimate of drug-likeness (QED) is 0.793. The molecule has 9 nitrogen and oxygen atoms in total. The van der Waals surface area contributed by atoms with Gasteiger partial charge in [-0.25, -0.2) is 4.98 Å². The monoisotopic (exact) mass is 344 g/mol. The van der Waals surface area contributed by atoms with E-state index in [1.165, 1.54) is 12.7 Å². The van der Waals surface area contributed by atoms with Gasteiger partial charge in [-0.1, -0.05) is 0 Å². The standard InChI is InChI=1S/C16H20N6O3/c1-11(23)20-4-2-3-12(7-20)15-19-18-14-8-21(5-6-22(14)15)16(24)13-9-25-10-17-13/h9-10,12H,2-8H2,1H3. The van der Waals surface area contributed by atoms with Gasteiger partial charge in [-0.05, 0) is 12.8 Å². The maximum Gasteiger partial charge on any atom is 0.276 e. The van der Waals surface area contributed by atoms with Crippen LogP contribution in [-0.4, -0.2) is 61.0 Å². The van der Waals surface area contributed by atoms with Gasteiger partial charge < -0.3 is 18.8 Å². The lowest BCUT2D eigenvalue weighted by molar-refractivity contribution is -0.130. The van der Waals surface area contributed by atoms with Crippen LogP contribution >= 0.6 is 0 Å². The van der Waals surface area contributed by atoms with Crippen molar-refractivity contribution in [2.24, 2.45) is 0 Å². The zero-order chi connectivity index (χ0) is 17.4. The zero-order valence-electron chi connectivity index (χ0n) is 14.1. The molecule has 1 unspecified atom stereocenters. The van der Waals surface area contributed by atoms with Crippen molar-refractivity contribution < 1.29 is 14.0 Å². The van der Waals surface area contributed by atoms with Gasteiger partial charge in [-0.15, -0.1) is 10.2 Å². The summed E-state index contributed by atoms with van der Waals surface area (Å²) < 4.78 is 6.98. The van der Waals surface area contributed by atoms with E-state index in [-0.39, 0.29) is 17.7 Å². The number of oxazole rings is 1. The van der Waals surface area contributed by atoms with Crippen LogP contribution in [0.15, 0.2) is 17.1 Å². The first kappa shape index (κ1) is 15.8. The second kappa shape index (κ2) is 6.30. The van der Waals surface area contributed by atoms with Gasteiger partial charge in [0.2, 0.25) is 5.91 Å². The molecule has 1 saturated heterocycles. The fraction of sp³-hybridized carbons (Fsp3) is 0.562. The molecule has 1 atom stereocenters. The molecule has 0 aromatic carbocycles. The van der Waals surface area contributed by atoms with Gasteiger partial charge in [0.05, 0.1) is 6.54 Å². The predicted molar refractivity (Wildman–Crippen MR) is 85.5 cm³/mol. The second-order valence-corrected chi connectivity index (χ2v) is 6.53. The number of hydrogen-bond acceptors (Lipinski definition) is 6. The van der Waals surface area contributed by atoms with Gasteiger partial charge in [0.1, 0.15) is 12.1 Å². The molecule has 2 aromatic heterocycles. The van der Waals surface area contributed by atoms with Crippen LogP contribution in [0.2, 0.25) is 0 Å². The molecule has 4 rings (SSSR count). The average molecular weight is 344 g/mol. The molecule has 0 radical (unpaired) electrons. The molecule has 0 aliphatic carbocycles. The summed E-state index contributed by atoms with van der Waals surface area (Å²) in [6, 6.07) is 0. The van der Waals surface area contributed by atoms with Gasteiger partial charge in [-0.2, -0.15) is 0 Å². The Morgan fingerprint density at radius 3 is 2.84 bits per heavy atom. The fourth-order valence-electron chi connectivity index (χ4n) is 3.61. The van der Waals surface area contributed by atoms with Crippen LogP contribution in [0.1, 0.15) is 47.8 Å². The molecule has 2 amide bonds. The lowest BCUT2D eigenvalue weighted by atomic mass is 9.97. The van der Waals surface area contributed by atoms with Crippen LogP contribution in [-0.2, 0) is 17.9 Å². The third kappa shape index (κ3) is 2.90. The smallest absolute Gasteiger partial charge is 0.276 e. The van der Waals surface area contributed by atoms with Crippen molar-refractivity contribution in [2.45, 2.75) is 38.8 Å². The summed E-state index contributed by atoms with van der Waals surface area (Å²) in [5.41, 5.74) is 0.303. The molecule has 9 heteroatoms. The Hall–Kier alpha value is -2.71. The lowest BCUT2D eigenvalue weighted by Crippen LogP contribution is -2.41. The largest absolute Gasteiger partial charge is 0.451 e. The number of rotatable bonds is 2. The maximum atomic E-state index is 12.4. The van der Waals surface area contributed by atoms with Crippen LogP contribution in [0.5, 0.6) is 0 Å². The highest BCUT2D eigenvalue weighted by atomic mass is 16.3. The Morgan fingerprint density at radius 2 is 2.08 bits per heavy atom. The lowest BCUT2D eigenvalue weighted by Gasteiger charge is -2.33. The van der Waals surface area contributed by atoms with Gasteiger partial charge >= 0.3 is 0 Å². The second-order valence-electron chi connectivity index (χ2n) is 6.53. The molecule has 2 aromatic rings.